The fourth-order valence-corrected chi connectivity index (χ4v) is 6.76. The number of methoxy groups -OCH3 is 1. The van der Waals surface area contributed by atoms with E-state index >= 15 is 0 Å². The van der Waals surface area contributed by atoms with E-state index in [0.29, 0.717) is 23.8 Å². The van der Waals surface area contributed by atoms with E-state index in [9.17, 15) is 24.2 Å². The summed E-state index contributed by atoms with van der Waals surface area (Å²) in [7, 11) is -8.35. The highest BCUT2D eigenvalue weighted by atomic mass is 31.2. The first-order chi connectivity index (χ1) is 18.5. The Bertz CT molecular complexity index is 1350. The lowest BCUT2D eigenvalue weighted by molar-refractivity contribution is -0.113. The van der Waals surface area contributed by atoms with Crippen LogP contribution in [0.2, 0.25) is 0 Å². The lowest BCUT2D eigenvalue weighted by Crippen LogP contribution is -2.39. The molecule has 0 saturated carbocycles. The van der Waals surface area contributed by atoms with Crippen molar-refractivity contribution in [2.24, 2.45) is 0 Å². The summed E-state index contributed by atoms with van der Waals surface area (Å²) in [4.78, 5) is 43.3. The highest BCUT2D eigenvalue weighted by Gasteiger charge is 2.35. The minimum atomic E-state index is -4.84. The fourth-order valence-electron chi connectivity index (χ4n) is 4.19. The SMILES string of the molecule is CO[C@H](COP(=O)(O)CP(=O)(O)O)[C@@H](O)[C@@H](O)n1cnc2c(NCc3ccccc3)nc(N3CCCC3)nc21. The number of fused-ring (bicyclic) bond motifs is 1. The summed E-state index contributed by atoms with van der Waals surface area (Å²) in [6.07, 6.45) is -1.46. The molecule has 0 amide bonds. The van der Waals surface area contributed by atoms with Gasteiger partial charge in [-0.2, -0.15) is 9.97 Å². The Morgan fingerprint density at radius 2 is 1.77 bits per heavy atom. The molecule has 17 heteroatoms. The standard InChI is InChI=1S/C22H32N6O9P2/c1-36-16(12-37-39(34,35)14-38(31,32)33)18(29)21(30)28-13-24-17-19(23-11-15-7-3-2-4-8-15)25-22(26-20(17)28)27-9-5-6-10-27/h2-4,7-8,13,16,18,21,29-30H,5-6,9-12,14H2,1H3,(H,34,35)(H,23,25,26)(H2,31,32,33)/t16-,18-,21-/m1/s1. The first kappa shape index (κ1) is 29.5. The van der Waals surface area contributed by atoms with Gasteiger partial charge in [0.05, 0.1) is 12.9 Å². The van der Waals surface area contributed by atoms with Crippen molar-refractivity contribution < 1.29 is 43.3 Å². The van der Waals surface area contributed by atoms with Crippen LogP contribution in [0.1, 0.15) is 24.6 Å². The molecule has 39 heavy (non-hydrogen) atoms. The van der Waals surface area contributed by atoms with Crippen LogP contribution in [-0.4, -0.2) is 89.3 Å². The van der Waals surface area contributed by atoms with Crippen molar-refractivity contribution in [2.75, 3.05) is 42.9 Å². The number of aliphatic hydroxyl groups excluding tert-OH is 2. The zero-order valence-electron chi connectivity index (χ0n) is 21.1. The number of aromatic nitrogens is 4. The number of rotatable bonds is 13. The van der Waals surface area contributed by atoms with E-state index in [1.807, 2.05) is 35.2 Å². The molecule has 1 aromatic carbocycles. The average Bonchev–Trinajstić information content (AvgIpc) is 3.56. The maximum absolute atomic E-state index is 12.0. The average molecular weight is 586 g/mol. The van der Waals surface area contributed by atoms with Gasteiger partial charge in [0, 0.05) is 26.7 Å². The van der Waals surface area contributed by atoms with Gasteiger partial charge >= 0.3 is 15.2 Å². The smallest absolute Gasteiger partial charge is 0.340 e. The van der Waals surface area contributed by atoms with Crippen LogP contribution in [0.4, 0.5) is 11.8 Å². The molecule has 4 rings (SSSR count). The zero-order valence-corrected chi connectivity index (χ0v) is 22.9. The molecule has 6 N–H and O–H groups in total. The monoisotopic (exact) mass is 586 g/mol. The Labute approximate surface area is 224 Å². The Kier molecular flexibility index (Phi) is 9.37. The van der Waals surface area contributed by atoms with E-state index < -0.39 is 46.1 Å². The summed E-state index contributed by atoms with van der Waals surface area (Å²) in [5, 5.41) is 25.2. The molecule has 1 saturated heterocycles. The molecule has 0 bridgehead atoms. The van der Waals surface area contributed by atoms with E-state index in [0.717, 1.165) is 31.5 Å². The number of aliphatic hydroxyl groups is 2. The quantitative estimate of drug-likeness (QED) is 0.156. The molecule has 1 aliphatic heterocycles. The third-order valence-electron chi connectivity index (χ3n) is 6.18. The third kappa shape index (κ3) is 7.60. The molecule has 214 valence electrons. The predicted molar refractivity (Wildman–Crippen MR) is 141 cm³/mol. The van der Waals surface area contributed by atoms with Crippen molar-refractivity contribution in [3.63, 3.8) is 0 Å². The van der Waals surface area contributed by atoms with Crippen LogP contribution in [0.5, 0.6) is 0 Å². The summed E-state index contributed by atoms with van der Waals surface area (Å²) >= 11 is 0. The van der Waals surface area contributed by atoms with Crippen LogP contribution in [0.15, 0.2) is 36.7 Å². The maximum atomic E-state index is 12.0. The van der Waals surface area contributed by atoms with Gasteiger partial charge in [-0.05, 0) is 18.4 Å². The minimum absolute atomic E-state index is 0.235. The molecule has 0 radical (unpaired) electrons. The summed E-state index contributed by atoms with van der Waals surface area (Å²) in [5.74, 6) is -0.517. The Morgan fingerprint density at radius 1 is 1.08 bits per heavy atom. The highest BCUT2D eigenvalue weighted by Crippen LogP contribution is 2.55. The number of ether oxygens (including phenoxy) is 1. The van der Waals surface area contributed by atoms with Gasteiger partial charge in [0.2, 0.25) is 5.95 Å². The van der Waals surface area contributed by atoms with Gasteiger partial charge in [-0.1, -0.05) is 30.3 Å². The van der Waals surface area contributed by atoms with Gasteiger partial charge in [0.15, 0.2) is 29.1 Å². The first-order valence-corrected chi connectivity index (χ1v) is 15.7. The number of imidazole rings is 1. The second kappa shape index (κ2) is 12.4. The van der Waals surface area contributed by atoms with Crippen molar-refractivity contribution in [2.45, 2.75) is 37.8 Å². The summed E-state index contributed by atoms with van der Waals surface area (Å²) in [6, 6.07) is 9.69. The van der Waals surface area contributed by atoms with Crippen molar-refractivity contribution in [3.8, 4) is 0 Å². The molecule has 15 nitrogen and oxygen atoms in total. The molecule has 0 aliphatic carbocycles. The number of benzene rings is 1. The van der Waals surface area contributed by atoms with Crippen molar-refractivity contribution in [1.29, 1.82) is 0 Å². The van der Waals surface area contributed by atoms with Crippen LogP contribution < -0.4 is 10.2 Å². The zero-order chi connectivity index (χ0) is 28.2. The normalized spacial score (nSPS) is 18.2. The fraction of sp³-hybridized carbons (Fsp3) is 0.500. The number of hydrogen-bond donors (Lipinski definition) is 6. The number of hydrogen-bond acceptors (Lipinski definition) is 11. The summed E-state index contributed by atoms with van der Waals surface area (Å²) in [6.45, 7) is 1.26. The van der Waals surface area contributed by atoms with Crippen LogP contribution >= 0.6 is 15.2 Å². The Balaban J connectivity index is 1.59. The second-order valence-electron chi connectivity index (χ2n) is 9.15. The summed E-state index contributed by atoms with van der Waals surface area (Å²) < 4.78 is 34.2. The van der Waals surface area contributed by atoms with Crippen LogP contribution in [0.25, 0.3) is 11.2 Å². The Hall–Kier alpha value is -2.45. The van der Waals surface area contributed by atoms with Gasteiger partial charge in [0.1, 0.15) is 12.2 Å². The van der Waals surface area contributed by atoms with Gasteiger partial charge in [-0.25, -0.2) is 4.98 Å². The topological polar surface area (TPSA) is 213 Å². The maximum Gasteiger partial charge on any atom is 0.340 e. The van der Waals surface area contributed by atoms with Gasteiger partial charge in [-0.15, -0.1) is 0 Å². The van der Waals surface area contributed by atoms with E-state index in [2.05, 4.69) is 20.3 Å². The number of anilines is 2. The lowest BCUT2D eigenvalue weighted by Gasteiger charge is -2.27. The van der Waals surface area contributed by atoms with Crippen LogP contribution in [-0.2, 0) is 24.9 Å². The molecule has 3 heterocycles. The molecule has 3 aromatic rings. The van der Waals surface area contributed by atoms with Crippen LogP contribution in [0.3, 0.4) is 0 Å². The molecular weight excluding hydrogens is 554 g/mol. The Morgan fingerprint density at radius 3 is 2.41 bits per heavy atom. The van der Waals surface area contributed by atoms with Crippen molar-refractivity contribution >= 4 is 38.1 Å². The largest absolute Gasteiger partial charge is 0.386 e. The molecule has 2 aromatic heterocycles. The van der Waals surface area contributed by atoms with E-state index in [1.54, 1.807) is 0 Å². The predicted octanol–water partition coefficient (Wildman–Crippen LogP) is 1.24. The first-order valence-electron chi connectivity index (χ1n) is 12.1. The van der Waals surface area contributed by atoms with Gasteiger partial charge in [-0.3, -0.25) is 13.7 Å². The molecular formula is C22H32N6O9P2. The number of nitrogens with one attached hydrogen (secondary N) is 1. The lowest BCUT2D eigenvalue weighted by atomic mass is 10.2. The van der Waals surface area contributed by atoms with Crippen molar-refractivity contribution in [1.82, 2.24) is 19.5 Å². The molecule has 4 atom stereocenters. The van der Waals surface area contributed by atoms with Gasteiger partial charge in [0.25, 0.3) is 0 Å². The van der Waals surface area contributed by atoms with Gasteiger partial charge < -0.3 is 44.4 Å². The van der Waals surface area contributed by atoms with E-state index in [4.69, 9.17) is 19.0 Å². The summed E-state index contributed by atoms with van der Waals surface area (Å²) in [5.41, 5.74) is 1.61. The van der Waals surface area contributed by atoms with E-state index in [-0.39, 0.29) is 5.65 Å². The highest BCUT2D eigenvalue weighted by molar-refractivity contribution is 7.70. The molecule has 0 spiro atoms. The third-order valence-corrected chi connectivity index (χ3v) is 9.63. The van der Waals surface area contributed by atoms with Crippen LogP contribution in [0, 0.1) is 0 Å². The van der Waals surface area contributed by atoms with E-state index in [1.165, 1.54) is 18.0 Å². The number of nitrogens with zero attached hydrogens (tertiary/aromatic N) is 5. The molecule has 1 fully saturated rings. The second-order valence-corrected chi connectivity index (χ2v) is 13.1. The van der Waals surface area contributed by atoms with Crippen molar-refractivity contribution in [3.05, 3.63) is 42.2 Å². The molecule has 1 aliphatic rings. The molecule has 1 unspecified atom stereocenters. The minimum Gasteiger partial charge on any atom is -0.386 e.